The minimum atomic E-state index is -0.972. The molecule has 268 valence electrons. The molecule has 8 heteroatoms. The van der Waals surface area contributed by atoms with Gasteiger partial charge in [0.1, 0.15) is 6.10 Å². The van der Waals surface area contributed by atoms with Crippen molar-refractivity contribution >= 4 is 0 Å². The summed E-state index contributed by atoms with van der Waals surface area (Å²) in [4.78, 5) is 2.52. The first-order valence-electron chi connectivity index (χ1n) is 19.2. The van der Waals surface area contributed by atoms with Crippen molar-refractivity contribution in [2.24, 2.45) is 50.7 Å². The first-order valence-corrected chi connectivity index (χ1v) is 19.2. The van der Waals surface area contributed by atoms with E-state index in [-0.39, 0.29) is 53.1 Å². The molecule has 8 nitrogen and oxygen atoms in total. The summed E-state index contributed by atoms with van der Waals surface area (Å²) >= 11 is 0. The maximum Gasteiger partial charge on any atom is 0.170 e. The Bertz CT molecular complexity index is 1200. The summed E-state index contributed by atoms with van der Waals surface area (Å²) in [6, 6.07) is 0.533. The van der Waals surface area contributed by atoms with Gasteiger partial charge in [-0.3, -0.25) is 4.90 Å². The number of aliphatic hydroxyl groups is 1. The summed E-state index contributed by atoms with van der Waals surface area (Å²) in [5, 5.41) is 11.0. The Kier molecular flexibility index (Phi) is 7.98. The van der Waals surface area contributed by atoms with E-state index in [1.807, 2.05) is 21.0 Å². The van der Waals surface area contributed by atoms with Gasteiger partial charge >= 0.3 is 0 Å². The van der Waals surface area contributed by atoms with E-state index in [0.29, 0.717) is 40.5 Å². The van der Waals surface area contributed by atoms with E-state index in [2.05, 4.69) is 39.5 Å². The van der Waals surface area contributed by atoms with Crippen LogP contribution in [0.2, 0.25) is 0 Å². The van der Waals surface area contributed by atoms with E-state index in [1.165, 1.54) is 38.5 Å². The van der Waals surface area contributed by atoms with Crippen LogP contribution in [0.25, 0.3) is 0 Å². The van der Waals surface area contributed by atoms with Crippen molar-refractivity contribution in [3.8, 4) is 0 Å². The lowest BCUT2D eigenvalue weighted by atomic mass is 9.41. The molecule has 0 bridgehead atoms. The van der Waals surface area contributed by atoms with Gasteiger partial charge in [-0.2, -0.15) is 0 Å². The minimum Gasteiger partial charge on any atom is -0.388 e. The van der Waals surface area contributed by atoms with Gasteiger partial charge in [0.05, 0.1) is 62.4 Å². The predicted molar refractivity (Wildman–Crippen MR) is 179 cm³/mol. The van der Waals surface area contributed by atoms with E-state index >= 15 is 0 Å². The lowest BCUT2D eigenvalue weighted by molar-refractivity contribution is -0.256. The molecule has 0 radical (unpaired) electrons. The third-order valence-electron chi connectivity index (χ3n) is 16.8. The number of hydrogen-bond donors (Lipinski definition) is 1. The molecule has 0 amide bonds. The van der Waals surface area contributed by atoms with E-state index < -0.39 is 5.60 Å². The van der Waals surface area contributed by atoms with Crippen molar-refractivity contribution in [2.75, 3.05) is 47.1 Å². The fourth-order valence-corrected chi connectivity index (χ4v) is 14.7. The van der Waals surface area contributed by atoms with Crippen LogP contribution in [0.15, 0.2) is 0 Å². The van der Waals surface area contributed by atoms with Crippen LogP contribution < -0.4 is 0 Å². The Labute approximate surface area is 284 Å². The second-order valence-electron chi connectivity index (χ2n) is 19.2. The van der Waals surface area contributed by atoms with E-state index in [4.69, 9.17) is 28.4 Å². The Hall–Kier alpha value is -0.320. The number of morpholine rings is 1. The van der Waals surface area contributed by atoms with Gasteiger partial charge in [-0.1, -0.05) is 34.6 Å². The van der Waals surface area contributed by atoms with Crippen molar-refractivity contribution in [2.45, 2.75) is 148 Å². The molecule has 0 aromatic heterocycles. The van der Waals surface area contributed by atoms with Gasteiger partial charge in [-0.05, 0) is 111 Å². The molecule has 0 unspecified atom stereocenters. The third-order valence-corrected chi connectivity index (χ3v) is 16.8. The molecule has 3 saturated heterocycles. The minimum absolute atomic E-state index is 0.0217. The molecule has 5 aliphatic carbocycles. The topological polar surface area (TPSA) is 78.9 Å². The number of nitrogens with zero attached hydrogens (tertiary/aromatic N) is 1. The Morgan fingerprint density at radius 3 is 2.34 bits per heavy atom. The van der Waals surface area contributed by atoms with Gasteiger partial charge in [0.15, 0.2) is 6.29 Å². The summed E-state index contributed by atoms with van der Waals surface area (Å²) < 4.78 is 38.4. The van der Waals surface area contributed by atoms with Gasteiger partial charge in [0, 0.05) is 26.2 Å². The summed E-state index contributed by atoms with van der Waals surface area (Å²) in [6.07, 6.45) is 9.50. The average molecular weight is 660 g/mol. The fourth-order valence-electron chi connectivity index (χ4n) is 14.7. The van der Waals surface area contributed by atoms with Gasteiger partial charge in [0.25, 0.3) is 0 Å². The first kappa shape index (κ1) is 33.8. The van der Waals surface area contributed by atoms with Gasteiger partial charge in [-0.15, -0.1) is 0 Å². The van der Waals surface area contributed by atoms with Crippen molar-refractivity contribution in [3.63, 3.8) is 0 Å². The van der Waals surface area contributed by atoms with Crippen molar-refractivity contribution in [1.82, 2.24) is 4.90 Å². The monoisotopic (exact) mass is 659 g/mol. The smallest absolute Gasteiger partial charge is 0.170 e. The third kappa shape index (κ3) is 4.47. The SMILES string of the molecule is CO[C@@H]([C@H]1C[C@@H](C)[C@H]2[C@H](O1)[C@H](OC)[C@@]1(C)[C@@H]3CC[C@H]4C(C)(C)[C@@H](O[C@H]5CN(C6COC6)CCO5)CC[C@@]45C[C@@]35CC[C@]21C)C(C)(C)O. The number of fused-ring (bicyclic) bond motifs is 4. The summed E-state index contributed by atoms with van der Waals surface area (Å²) in [6.45, 7) is 20.7. The Morgan fingerprint density at radius 2 is 1.68 bits per heavy atom. The average Bonchev–Trinajstić information content (AvgIpc) is 3.58. The van der Waals surface area contributed by atoms with Crippen molar-refractivity contribution < 1.29 is 33.5 Å². The first-order chi connectivity index (χ1) is 22.2. The van der Waals surface area contributed by atoms with E-state index in [0.717, 1.165) is 45.8 Å². The number of methoxy groups -OCH3 is 2. The van der Waals surface area contributed by atoms with Gasteiger partial charge in [0.2, 0.25) is 0 Å². The van der Waals surface area contributed by atoms with Crippen LogP contribution >= 0.6 is 0 Å². The molecule has 8 fully saturated rings. The second-order valence-corrected chi connectivity index (χ2v) is 19.2. The molecule has 3 heterocycles. The maximum atomic E-state index is 11.0. The van der Waals surface area contributed by atoms with Crippen LogP contribution in [0, 0.1) is 50.7 Å². The van der Waals surface area contributed by atoms with Crippen LogP contribution in [-0.4, -0.2) is 106 Å². The van der Waals surface area contributed by atoms with E-state index in [9.17, 15) is 5.11 Å². The number of hydrogen-bond acceptors (Lipinski definition) is 8. The molecule has 14 atom stereocenters. The highest BCUT2D eigenvalue weighted by molar-refractivity contribution is 5.33. The van der Waals surface area contributed by atoms with Gasteiger partial charge < -0.3 is 33.5 Å². The molecule has 5 saturated carbocycles. The Morgan fingerprint density at radius 1 is 0.957 bits per heavy atom. The van der Waals surface area contributed by atoms with Crippen LogP contribution in [0.5, 0.6) is 0 Å². The highest BCUT2D eigenvalue weighted by Crippen LogP contribution is 2.89. The molecule has 3 aliphatic heterocycles. The van der Waals surface area contributed by atoms with Crippen molar-refractivity contribution in [1.29, 1.82) is 0 Å². The van der Waals surface area contributed by atoms with Gasteiger partial charge in [-0.25, -0.2) is 0 Å². The molecule has 0 aromatic rings. The van der Waals surface area contributed by atoms with Crippen LogP contribution in [0.3, 0.4) is 0 Å². The fraction of sp³-hybridized carbons (Fsp3) is 1.00. The standard InChI is InChI=1S/C39H65NO7/c1-23-18-25(32(42-8)35(4,5)41)46-31-30(23)36(6)14-15-39-22-38(39)13-12-28(47-29-19-40(16-17-45-29)24-20-44-21-24)34(2,3)26(38)10-11-27(39)37(36,7)33(31)43-9/h23-33,41H,10-22H2,1-9H3/t23-,25-,26+,27+,28+,29+,30+,31+,32+,33+,36-,37-,38-,39+/m1/s1. The zero-order chi connectivity index (χ0) is 33.4. The van der Waals surface area contributed by atoms with Crippen LogP contribution in [0.4, 0.5) is 0 Å². The molecular weight excluding hydrogens is 594 g/mol. The van der Waals surface area contributed by atoms with E-state index in [1.54, 1.807) is 7.11 Å². The Balaban J connectivity index is 1.04. The predicted octanol–water partition coefficient (Wildman–Crippen LogP) is 5.68. The van der Waals surface area contributed by atoms with Crippen molar-refractivity contribution in [3.05, 3.63) is 0 Å². The van der Waals surface area contributed by atoms with Crippen LogP contribution in [-0.2, 0) is 28.4 Å². The summed E-state index contributed by atoms with van der Waals surface area (Å²) in [7, 11) is 3.65. The highest BCUT2D eigenvalue weighted by atomic mass is 16.7. The largest absolute Gasteiger partial charge is 0.388 e. The number of rotatable bonds is 7. The molecule has 2 spiro atoms. The van der Waals surface area contributed by atoms with Crippen LogP contribution in [0.1, 0.15) is 99.8 Å². The molecule has 1 N–H and O–H groups in total. The molecule has 8 aliphatic rings. The second kappa shape index (κ2) is 11.1. The zero-order valence-corrected chi connectivity index (χ0v) is 30.9. The number of ether oxygens (including phenoxy) is 6. The lowest BCUT2D eigenvalue weighted by Gasteiger charge is -2.64. The molecule has 0 aromatic carbocycles. The summed E-state index contributed by atoms with van der Waals surface area (Å²) in [5.41, 5.74) is 0.130. The molecular formula is C39H65NO7. The molecule has 8 rings (SSSR count). The quantitative estimate of drug-likeness (QED) is 0.374. The summed E-state index contributed by atoms with van der Waals surface area (Å²) in [5.74, 6) is 2.23. The normalized spacial score (nSPS) is 53.1. The molecule has 47 heavy (non-hydrogen) atoms. The highest BCUT2D eigenvalue weighted by Gasteiger charge is 2.85. The maximum absolute atomic E-state index is 11.0. The zero-order valence-electron chi connectivity index (χ0n) is 30.9. The lowest BCUT2D eigenvalue weighted by Crippen LogP contribution is -2.61.